The zero-order valence-corrected chi connectivity index (χ0v) is 13.5. The Labute approximate surface area is 126 Å². The van der Waals surface area contributed by atoms with E-state index in [4.69, 9.17) is 5.84 Å². The summed E-state index contributed by atoms with van der Waals surface area (Å²) in [4.78, 5) is 6.45. The molecular formula is C13H23N5O2S. The van der Waals surface area contributed by atoms with Crippen molar-refractivity contribution in [1.29, 1.82) is 0 Å². The Balaban J connectivity index is 2.11. The summed E-state index contributed by atoms with van der Waals surface area (Å²) in [6.07, 6.45) is 1.33. The SMILES string of the molecule is CC(C)(C)N1CCN(S(=O)(=O)c2ccc(NN)nc2)CC1. The lowest BCUT2D eigenvalue weighted by Gasteiger charge is -2.41. The molecular weight excluding hydrogens is 290 g/mol. The van der Waals surface area contributed by atoms with Crippen LogP contribution in [0.3, 0.4) is 0 Å². The Kier molecular flexibility index (Phi) is 4.52. The summed E-state index contributed by atoms with van der Waals surface area (Å²) in [5.41, 5.74) is 2.44. The van der Waals surface area contributed by atoms with Crippen molar-refractivity contribution in [1.82, 2.24) is 14.2 Å². The second-order valence-electron chi connectivity index (χ2n) is 6.09. The van der Waals surface area contributed by atoms with Crippen molar-refractivity contribution in [3.05, 3.63) is 18.3 Å². The molecule has 1 aromatic rings. The molecule has 0 radical (unpaired) electrons. The van der Waals surface area contributed by atoms with Gasteiger partial charge in [0.05, 0.1) is 0 Å². The minimum atomic E-state index is -3.48. The zero-order valence-electron chi connectivity index (χ0n) is 12.7. The highest BCUT2D eigenvalue weighted by Crippen LogP contribution is 2.21. The van der Waals surface area contributed by atoms with E-state index < -0.39 is 10.0 Å². The number of hydrogen-bond acceptors (Lipinski definition) is 6. The largest absolute Gasteiger partial charge is 0.308 e. The van der Waals surface area contributed by atoms with Crippen LogP contribution >= 0.6 is 0 Å². The number of sulfonamides is 1. The van der Waals surface area contributed by atoms with Gasteiger partial charge in [0.1, 0.15) is 10.7 Å². The number of nitrogens with two attached hydrogens (primary N) is 1. The summed E-state index contributed by atoms with van der Waals surface area (Å²) in [5, 5.41) is 0. The van der Waals surface area contributed by atoms with Gasteiger partial charge in [0.2, 0.25) is 10.0 Å². The maximum atomic E-state index is 12.6. The monoisotopic (exact) mass is 313 g/mol. The molecule has 1 fully saturated rings. The molecule has 0 aromatic carbocycles. The van der Waals surface area contributed by atoms with Gasteiger partial charge in [-0.1, -0.05) is 0 Å². The smallest absolute Gasteiger partial charge is 0.244 e. The van der Waals surface area contributed by atoms with E-state index in [0.717, 1.165) is 13.1 Å². The molecule has 1 aliphatic heterocycles. The van der Waals surface area contributed by atoms with E-state index in [1.807, 2.05) is 0 Å². The van der Waals surface area contributed by atoms with Gasteiger partial charge in [-0.15, -0.1) is 0 Å². The Morgan fingerprint density at radius 1 is 1.19 bits per heavy atom. The lowest BCUT2D eigenvalue weighted by Crippen LogP contribution is -2.54. The van der Waals surface area contributed by atoms with Crippen molar-refractivity contribution >= 4 is 15.8 Å². The number of anilines is 1. The average molecular weight is 313 g/mol. The van der Waals surface area contributed by atoms with Gasteiger partial charge in [-0.2, -0.15) is 4.31 Å². The minimum Gasteiger partial charge on any atom is -0.308 e. The summed E-state index contributed by atoms with van der Waals surface area (Å²) < 4.78 is 26.6. The Morgan fingerprint density at radius 3 is 2.24 bits per heavy atom. The number of rotatable bonds is 3. The van der Waals surface area contributed by atoms with Crippen molar-refractivity contribution in [3.8, 4) is 0 Å². The normalized spacial score (nSPS) is 18.7. The second-order valence-corrected chi connectivity index (χ2v) is 8.02. The van der Waals surface area contributed by atoms with Crippen molar-refractivity contribution in [2.24, 2.45) is 5.84 Å². The van der Waals surface area contributed by atoms with Crippen LogP contribution in [-0.4, -0.2) is 54.3 Å². The molecule has 118 valence electrons. The highest BCUT2D eigenvalue weighted by atomic mass is 32.2. The van der Waals surface area contributed by atoms with E-state index in [9.17, 15) is 8.42 Å². The Morgan fingerprint density at radius 2 is 1.81 bits per heavy atom. The topological polar surface area (TPSA) is 91.6 Å². The van der Waals surface area contributed by atoms with Gasteiger partial charge in [-0.25, -0.2) is 19.2 Å². The van der Waals surface area contributed by atoms with E-state index >= 15 is 0 Å². The lowest BCUT2D eigenvalue weighted by atomic mass is 10.1. The van der Waals surface area contributed by atoms with E-state index in [1.165, 1.54) is 16.6 Å². The van der Waals surface area contributed by atoms with E-state index in [2.05, 4.69) is 36.1 Å². The molecule has 7 nitrogen and oxygen atoms in total. The fourth-order valence-corrected chi connectivity index (χ4v) is 3.73. The highest BCUT2D eigenvalue weighted by Gasteiger charge is 2.32. The molecule has 21 heavy (non-hydrogen) atoms. The molecule has 2 heterocycles. The van der Waals surface area contributed by atoms with Crippen LogP contribution in [0.4, 0.5) is 5.82 Å². The van der Waals surface area contributed by atoms with Crippen LogP contribution in [0.15, 0.2) is 23.2 Å². The van der Waals surface area contributed by atoms with Crippen LogP contribution in [-0.2, 0) is 10.0 Å². The van der Waals surface area contributed by atoms with Gasteiger partial charge in [-0.3, -0.25) is 4.90 Å². The fourth-order valence-electron chi connectivity index (χ4n) is 2.37. The number of nitrogens with one attached hydrogen (secondary N) is 1. The Hall–Kier alpha value is -1.22. The summed E-state index contributed by atoms with van der Waals surface area (Å²) in [6, 6.07) is 3.08. The van der Waals surface area contributed by atoms with Gasteiger partial charge < -0.3 is 5.43 Å². The van der Waals surface area contributed by atoms with E-state index in [1.54, 1.807) is 6.07 Å². The first kappa shape index (κ1) is 16.2. The van der Waals surface area contributed by atoms with Crippen LogP contribution < -0.4 is 11.3 Å². The predicted molar refractivity (Wildman–Crippen MR) is 82.1 cm³/mol. The van der Waals surface area contributed by atoms with E-state index in [0.29, 0.717) is 18.9 Å². The van der Waals surface area contributed by atoms with Crippen LogP contribution in [0.1, 0.15) is 20.8 Å². The van der Waals surface area contributed by atoms with Crippen LogP contribution in [0.5, 0.6) is 0 Å². The van der Waals surface area contributed by atoms with Gasteiger partial charge in [0.25, 0.3) is 0 Å². The van der Waals surface area contributed by atoms with Crippen LogP contribution in [0, 0.1) is 0 Å². The van der Waals surface area contributed by atoms with Crippen LogP contribution in [0.2, 0.25) is 0 Å². The van der Waals surface area contributed by atoms with Gasteiger partial charge in [0, 0.05) is 37.9 Å². The average Bonchev–Trinajstić information content (AvgIpc) is 2.46. The highest BCUT2D eigenvalue weighted by molar-refractivity contribution is 7.89. The van der Waals surface area contributed by atoms with Crippen molar-refractivity contribution in [2.75, 3.05) is 31.6 Å². The van der Waals surface area contributed by atoms with Gasteiger partial charge in [-0.05, 0) is 32.9 Å². The number of nitrogens with zero attached hydrogens (tertiary/aromatic N) is 3. The number of aromatic nitrogens is 1. The summed E-state index contributed by atoms with van der Waals surface area (Å²) >= 11 is 0. The first-order valence-corrected chi connectivity index (χ1v) is 8.37. The quantitative estimate of drug-likeness (QED) is 0.623. The maximum absolute atomic E-state index is 12.6. The minimum absolute atomic E-state index is 0.0614. The summed E-state index contributed by atoms with van der Waals surface area (Å²) in [5.74, 6) is 5.67. The third-order valence-electron chi connectivity index (χ3n) is 3.71. The third-order valence-corrected chi connectivity index (χ3v) is 5.59. The molecule has 1 aromatic heterocycles. The number of piperazine rings is 1. The van der Waals surface area contributed by atoms with Crippen molar-refractivity contribution in [3.63, 3.8) is 0 Å². The fraction of sp³-hybridized carbons (Fsp3) is 0.615. The molecule has 0 atom stereocenters. The maximum Gasteiger partial charge on any atom is 0.244 e. The summed E-state index contributed by atoms with van der Waals surface area (Å²) in [7, 11) is -3.48. The number of hydrogen-bond donors (Lipinski definition) is 2. The molecule has 0 saturated carbocycles. The van der Waals surface area contributed by atoms with Crippen LogP contribution in [0.25, 0.3) is 0 Å². The van der Waals surface area contributed by atoms with Crippen molar-refractivity contribution in [2.45, 2.75) is 31.2 Å². The molecule has 3 N–H and O–H groups in total. The molecule has 0 spiro atoms. The lowest BCUT2D eigenvalue weighted by molar-refractivity contribution is 0.0922. The molecule has 2 rings (SSSR count). The molecule has 1 saturated heterocycles. The molecule has 0 aliphatic carbocycles. The Bertz CT molecular complexity index is 572. The van der Waals surface area contributed by atoms with Gasteiger partial charge in [0.15, 0.2) is 0 Å². The number of pyridine rings is 1. The summed E-state index contributed by atoms with van der Waals surface area (Å²) in [6.45, 7) is 8.88. The molecule has 0 bridgehead atoms. The van der Waals surface area contributed by atoms with E-state index in [-0.39, 0.29) is 10.4 Å². The molecule has 0 amide bonds. The molecule has 0 unspecified atom stereocenters. The third kappa shape index (κ3) is 3.52. The first-order chi connectivity index (χ1) is 9.75. The molecule has 8 heteroatoms. The standard InChI is InChI=1S/C13H23N5O2S/c1-13(2,3)17-6-8-18(9-7-17)21(19,20)11-4-5-12(16-14)15-10-11/h4-5,10H,6-9,14H2,1-3H3,(H,15,16). The van der Waals surface area contributed by atoms with Crippen molar-refractivity contribution < 1.29 is 8.42 Å². The number of hydrazine groups is 1. The zero-order chi connectivity index (χ0) is 15.7. The first-order valence-electron chi connectivity index (χ1n) is 6.93. The molecule has 1 aliphatic rings. The van der Waals surface area contributed by atoms with Gasteiger partial charge >= 0.3 is 0 Å². The number of nitrogen functional groups attached to an aromatic ring is 1. The second kappa shape index (κ2) is 5.88. The predicted octanol–water partition coefficient (Wildman–Crippen LogP) is 0.472.